The van der Waals surface area contributed by atoms with Gasteiger partial charge >= 0.3 is 0 Å². The Morgan fingerprint density at radius 1 is 1.14 bits per heavy atom. The van der Waals surface area contributed by atoms with Crippen molar-refractivity contribution in [2.75, 3.05) is 6.54 Å². The molecule has 0 aliphatic carbocycles. The first-order valence-corrected chi connectivity index (χ1v) is 9.60. The number of nitrogens with one attached hydrogen (secondary N) is 2. The molecule has 0 saturated carbocycles. The molecule has 0 aromatic rings. The number of hydrogen-bond acceptors (Lipinski definition) is 6. The molecule has 0 aromatic carbocycles. The van der Waals surface area contributed by atoms with Crippen molar-refractivity contribution in [1.29, 1.82) is 0 Å². The molecule has 0 radical (unpaired) electrons. The minimum Gasteiger partial charge on any atom is -0.391 e. The molecule has 9 N–H and O–H groups in total. The molecule has 0 rings (SSSR count). The lowest BCUT2D eigenvalue weighted by atomic mass is 9.95. The molecule has 28 heavy (non-hydrogen) atoms. The van der Waals surface area contributed by atoms with Crippen molar-refractivity contribution in [2.45, 2.75) is 71.2 Å². The summed E-state index contributed by atoms with van der Waals surface area (Å²) in [4.78, 5) is 40.1. The summed E-state index contributed by atoms with van der Waals surface area (Å²) in [5.41, 5.74) is 16.3. The highest BCUT2D eigenvalue weighted by molar-refractivity contribution is 5.91. The maximum atomic E-state index is 12.7. The molecule has 162 valence electrons. The Labute approximate surface area is 166 Å². The van der Waals surface area contributed by atoms with Gasteiger partial charge in [-0.2, -0.15) is 0 Å². The van der Waals surface area contributed by atoms with E-state index in [0.29, 0.717) is 32.1 Å². The molecule has 2 amide bonds. The number of aliphatic hydroxyl groups is 1. The third kappa shape index (κ3) is 9.14. The van der Waals surface area contributed by atoms with Crippen molar-refractivity contribution in [3.8, 4) is 0 Å². The van der Waals surface area contributed by atoms with Crippen LogP contribution in [0.1, 0.15) is 47.0 Å². The van der Waals surface area contributed by atoms with E-state index in [4.69, 9.17) is 17.2 Å². The van der Waals surface area contributed by atoms with Crippen molar-refractivity contribution in [3.63, 3.8) is 0 Å². The highest BCUT2D eigenvalue weighted by Crippen LogP contribution is 2.11. The quantitative estimate of drug-likeness (QED) is 0.0949. The van der Waals surface area contributed by atoms with E-state index in [1.807, 2.05) is 13.8 Å². The smallest absolute Gasteiger partial charge is 0.243 e. The van der Waals surface area contributed by atoms with Gasteiger partial charge in [-0.05, 0) is 24.7 Å². The lowest BCUT2D eigenvalue weighted by molar-refractivity contribution is -0.133. The molecule has 0 bridgehead atoms. The molecule has 0 fully saturated rings. The Kier molecular flexibility index (Phi) is 12.0. The van der Waals surface area contributed by atoms with Gasteiger partial charge in [0.1, 0.15) is 18.4 Å². The number of hydrogen-bond donors (Lipinski definition) is 6. The lowest BCUT2D eigenvalue weighted by Gasteiger charge is -2.28. The van der Waals surface area contributed by atoms with Crippen LogP contribution in [0.3, 0.4) is 0 Å². The van der Waals surface area contributed by atoms with Crippen LogP contribution in [0.15, 0.2) is 4.99 Å². The standard InChI is InChI=1S/C18H36N6O4/c1-5-11(4)14(24-16(27)13(19)15(26)10(2)3)17(28)23-12(9-25)7-6-8-22-18(20)21/h9-15,26H,5-8,19H2,1-4H3,(H,23,28)(H,24,27)(H4,20,21,22)/t11-,12+,13-,14-,15+/m0/s1. The number of nitrogens with zero attached hydrogens (tertiary/aromatic N) is 1. The van der Waals surface area contributed by atoms with Gasteiger partial charge in [-0.15, -0.1) is 0 Å². The maximum Gasteiger partial charge on any atom is 0.243 e. The monoisotopic (exact) mass is 400 g/mol. The Hall–Kier alpha value is -2.20. The zero-order valence-electron chi connectivity index (χ0n) is 17.2. The molecule has 0 aromatic heterocycles. The van der Waals surface area contributed by atoms with Crippen LogP contribution in [0, 0.1) is 11.8 Å². The summed E-state index contributed by atoms with van der Waals surface area (Å²) in [6.45, 7) is 7.52. The number of aliphatic hydroxyl groups excluding tert-OH is 1. The molecule has 10 heteroatoms. The predicted molar refractivity (Wildman–Crippen MR) is 108 cm³/mol. The summed E-state index contributed by atoms with van der Waals surface area (Å²) in [6.07, 6.45) is 1.10. The van der Waals surface area contributed by atoms with Gasteiger partial charge < -0.3 is 37.7 Å². The topological polar surface area (TPSA) is 186 Å². The average molecular weight is 401 g/mol. The minimum absolute atomic E-state index is 0.0360. The van der Waals surface area contributed by atoms with Gasteiger partial charge in [-0.25, -0.2) is 0 Å². The van der Waals surface area contributed by atoms with Crippen LogP contribution in [0.5, 0.6) is 0 Å². The van der Waals surface area contributed by atoms with Crippen LogP contribution in [0.4, 0.5) is 0 Å². The number of rotatable bonds is 13. The van der Waals surface area contributed by atoms with E-state index in [2.05, 4.69) is 15.6 Å². The number of aldehydes is 1. The Balaban J connectivity index is 4.98. The summed E-state index contributed by atoms with van der Waals surface area (Å²) < 4.78 is 0. The van der Waals surface area contributed by atoms with Gasteiger partial charge in [0.25, 0.3) is 0 Å². The molecular weight excluding hydrogens is 364 g/mol. The highest BCUT2D eigenvalue weighted by Gasteiger charge is 2.32. The van der Waals surface area contributed by atoms with Crippen molar-refractivity contribution < 1.29 is 19.5 Å². The molecule has 0 unspecified atom stereocenters. The zero-order chi connectivity index (χ0) is 21.9. The van der Waals surface area contributed by atoms with Crippen molar-refractivity contribution in [2.24, 2.45) is 34.0 Å². The number of amides is 2. The number of carbonyl (C=O) groups excluding carboxylic acids is 3. The van der Waals surface area contributed by atoms with Crippen molar-refractivity contribution >= 4 is 24.1 Å². The van der Waals surface area contributed by atoms with E-state index < -0.39 is 36.0 Å². The third-order valence-corrected chi connectivity index (χ3v) is 4.61. The number of nitrogens with two attached hydrogens (primary N) is 3. The maximum absolute atomic E-state index is 12.7. The van der Waals surface area contributed by atoms with Crippen LogP contribution in [-0.2, 0) is 14.4 Å². The normalized spacial score (nSPS) is 16.4. The lowest BCUT2D eigenvalue weighted by Crippen LogP contribution is -2.58. The fourth-order valence-corrected chi connectivity index (χ4v) is 2.49. The fourth-order valence-electron chi connectivity index (χ4n) is 2.49. The predicted octanol–water partition coefficient (Wildman–Crippen LogP) is -1.40. The molecule has 0 saturated heterocycles. The highest BCUT2D eigenvalue weighted by atomic mass is 16.3. The molecule has 0 spiro atoms. The zero-order valence-corrected chi connectivity index (χ0v) is 17.2. The largest absolute Gasteiger partial charge is 0.391 e. The van der Waals surface area contributed by atoms with E-state index >= 15 is 0 Å². The molecule has 10 nitrogen and oxygen atoms in total. The SMILES string of the molecule is CC[C@H](C)[C@H](NC(=O)[C@@H](N)[C@H](O)C(C)C)C(=O)N[C@@H](C=O)CCCN=C(N)N. The van der Waals surface area contributed by atoms with Gasteiger partial charge in [-0.3, -0.25) is 14.6 Å². The summed E-state index contributed by atoms with van der Waals surface area (Å²) in [7, 11) is 0. The Morgan fingerprint density at radius 2 is 1.75 bits per heavy atom. The van der Waals surface area contributed by atoms with Gasteiger partial charge in [0.2, 0.25) is 11.8 Å². The second-order valence-corrected chi connectivity index (χ2v) is 7.33. The molecule has 5 atom stereocenters. The second-order valence-electron chi connectivity index (χ2n) is 7.33. The Bertz CT molecular complexity index is 536. The van der Waals surface area contributed by atoms with Gasteiger partial charge in [-0.1, -0.05) is 34.1 Å². The van der Waals surface area contributed by atoms with Crippen LogP contribution in [0.25, 0.3) is 0 Å². The first-order chi connectivity index (χ1) is 13.0. The van der Waals surface area contributed by atoms with E-state index in [1.54, 1.807) is 13.8 Å². The summed E-state index contributed by atoms with van der Waals surface area (Å²) in [6, 6.07) is -2.75. The summed E-state index contributed by atoms with van der Waals surface area (Å²) >= 11 is 0. The van der Waals surface area contributed by atoms with Gasteiger partial charge in [0.05, 0.1) is 12.1 Å². The molecular formula is C18H36N6O4. The van der Waals surface area contributed by atoms with Gasteiger partial charge in [0.15, 0.2) is 5.96 Å². The third-order valence-electron chi connectivity index (χ3n) is 4.61. The van der Waals surface area contributed by atoms with Crippen LogP contribution >= 0.6 is 0 Å². The average Bonchev–Trinajstić information content (AvgIpc) is 2.65. The molecule has 0 aliphatic rings. The molecule has 0 heterocycles. The minimum atomic E-state index is -1.15. The van der Waals surface area contributed by atoms with E-state index in [1.165, 1.54) is 0 Å². The number of guanidine groups is 1. The van der Waals surface area contributed by atoms with Crippen LogP contribution in [-0.4, -0.2) is 59.9 Å². The summed E-state index contributed by atoms with van der Waals surface area (Å²) in [5, 5.41) is 15.2. The number of aliphatic imine (C=N–C) groups is 1. The van der Waals surface area contributed by atoms with Crippen molar-refractivity contribution in [1.82, 2.24) is 10.6 Å². The summed E-state index contributed by atoms with van der Waals surface area (Å²) in [5.74, 6) is -1.53. The first kappa shape index (κ1) is 25.8. The first-order valence-electron chi connectivity index (χ1n) is 9.60. The van der Waals surface area contributed by atoms with Gasteiger partial charge in [0, 0.05) is 6.54 Å². The second kappa shape index (κ2) is 13.1. The van der Waals surface area contributed by atoms with E-state index in [-0.39, 0.29) is 17.8 Å². The van der Waals surface area contributed by atoms with E-state index in [9.17, 15) is 19.5 Å². The van der Waals surface area contributed by atoms with Crippen molar-refractivity contribution in [3.05, 3.63) is 0 Å². The number of carbonyl (C=O) groups is 3. The Morgan fingerprint density at radius 3 is 2.21 bits per heavy atom. The molecule has 0 aliphatic heterocycles. The fraction of sp³-hybridized carbons (Fsp3) is 0.778. The van der Waals surface area contributed by atoms with Crippen LogP contribution in [0.2, 0.25) is 0 Å². The van der Waals surface area contributed by atoms with E-state index in [0.717, 1.165) is 0 Å². The van der Waals surface area contributed by atoms with Crippen LogP contribution < -0.4 is 27.8 Å².